The second-order valence-electron chi connectivity index (χ2n) is 6.78. The molecule has 0 radical (unpaired) electrons. The van der Waals surface area contributed by atoms with E-state index >= 15 is 0 Å². The van der Waals surface area contributed by atoms with Gasteiger partial charge in [-0.3, -0.25) is 9.69 Å². The van der Waals surface area contributed by atoms with Gasteiger partial charge in [-0.05, 0) is 32.8 Å². The molecular weight excluding hydrogens is 296 g/mol. The van der Waals surface area contributed by atoms with Crippen molar-refractivity contribution in [3.8, 4) is 0 Å². The Hall–Kier alpha value is -2.08. The molecule has 1 heterocycles. The summed E-state index contributed by atoms with van der Waals surface area (Å²) in [4.78, 5) is 25.0. The maximum Gasteiger partial charge on any atom is 0.407 e. The van der Waals surface area contributed by atoms with Crippen LogP contribution in [0.25, 0.3) is 0 Å². The van der Waals surface area contributed by atoms with Gasteiger partial charge in [0.2, 0.25) is 0 Å². The van der Waals surface area contributed by atoms with Crippen molar-refractivity contribution in [2.75, 3.05) is 13.1 Å². The van der Waals surface area contributed by atoms with E-state index in [0.29, 0.717) is 19.5 Å². The van der Waals surface area contributed by atoms with Crippen LogP contribution in [0.15, 0.2) is 30.3 Å². The largest absolute Gasteiger partial charge is 0.480 e. The molecule has 6 heteroatoms. The molecule has 126 valence electrons. The van der Waals surface area contributed by atoms with Gasteiger partial charge in [0.25, 0.3) is 0 Å². The molecule has 6 nitrogen and oxygen atoms in total. The zero-order valence-electron chi connectivity index (χ0n) is 13.8. The number of benzene rings is 1. The number of ether oxygens (including phenoxy) is 1. The minimum absolute atomic E-state index is 0.0485. The molecule has 2 rings (SSSR count). The van der Waals surface area contributed by atoms with E-state index in [2.05, 4.69) is 5.32 Å². The second-order valence-corrected chi connectivity index (χ2v) is 6.78. The monoisotopic (exact) mass is 320 g/mol. The third-order valence-corrected chi connectivity index (χ3v) is 3.60. The molecule has 0 saturated carbocycles. The molecule has 3 atom stereocenters. The number of rotatable bonds is 6. The van der Waals surface area contributed by atoms with Crippen LogP contribution < -0.4 is 5.32 Å². The normalized spacial score (nSPS) is 21.3. The Bertz CT molecular complexity index is 553. The van der Waals surface area contributed by atoms with Gasteiger partial charge in [-0.2, -0.15) is 0 Å². The van der Waals surface area contributed by atoms with Crippen LogP contribution in [0, 0.1) is 0 Å². The van der Waals surface area contributed by atoms with E-state index in [1.54, 1.807) is 20.8 Å². The predicted molar refractivity (Wildman–Crippen MR) is 86.3 cm³/mol. The maximum atomic E-state index is 11.6. The Balaban J connectivity index is 1.82. The first-order chi connectivity index (χ1) is 10.8. The first kappa shape index (κ1) is 17.3. The molecule has 1 aromatic rings. The summed E-state index contributed by atoms with van der Waals surface area (Å²) in [6.07, 6.45) is -0.0154. The van der Waals surface area contributed by atoms with Gasteiger partial charge >= 0.3 is 12.1 Å². The number of aliphatic carboxylic acids is 1. The highest BCUT2D eigenvalue weighted by Gasteiger charge is 2.43. The molecule has 1 fully saturated rings. The third-order valence-electron chi connectivity index (χ3n) is 3.60. The van der Waals surface area contributed by atoms with Crippen molar-refractivity contribution >= 4 is 12.1 Å². The zero-order chi connectivity index (χ0) is 17.0. The van der Waals surface area contributed by atoms with Crippen LogP contribution in [0.2, 0.25) is 0 Å². The lowest BCUT2D eigenvalue weighted by molar-refractivity contribution is -0.141. The van der Waals surface area contributed by atoms with E-state index in [4.69, 9.17) is 4.74 Å². The molecular formula is C17H24N2O4. The van der Waals surface area contributed by atoms with E-state index in [-0.39, 0.29) is 6.04 Å². The van der Waals surface area contributed by atoms with Gasteiger partial charge in [0.15, 0.2) is 0 Å². The highest BCUT2D eigenvalue weighted by Crippen LogP contribution is 2.23. The Labute approximate surface area is 136 Å². The van der Waals surface area contributed by atoms with E-state index in [1.807, 2.05) is 35.2 Å². The molecule has 0 bridgehead atoms. The minimum Gasteiger partial charge on any atom is -0.480 e. The number of carboxylic acids is 1. The minimum atomic E-state index is -0.839. The molecule has 1 saturated heterocycles. The van der Waals surface area contributed by atoms with Crippen LogP contribution in [-0.2, 0) is 16.0 Å². The average Bonchev–Trinajstić information content (AvgIpc) is 3.21. The Morgan fingerprint density at radius 3 is 2.57 bits per heavy atom. The summed E-state index contributed by atoms with van der Waals surface area (Å²) >= 11 is 0. The number of nitrogens with zero attached hydrogens (tertiary/aromatic N) is 1. The fourth-order valence-electron chi connectivity index (χ4n) is 2.46. The number of nitrogens with one attached hydrogen (secondary N) is 1. The summed E-state index contributed by atoms with van der Waals surface area (Å²) in [5, 5.41) is 12.1. The van der Waals surface area contributed by atoms with Gasteiger partial charge < -0.3 is 15.2 Å². The van der Waals surface area contributed by atoms with Crippen molar-refractivity contribution in [2.45, 2.75) is 44.9 Å². The number of hydrogen-bond acceptors (Lipinski definition) is 4. The van der Waals surface area contributed by atoms with Gasteiger partial charge in [0.1, 0.15) is 11.6 Å². The second kappa shape index (κ2) is 7.00. The van der Waals surface area contributed by atoms with Crippen LogP contribution in [0.1, 0.15) is 26.3 Å². The van der Waals surface area contributed by atoms with Crippen LogP contribution >= 0.6 is 0 Å². The number of hydrogen-bond donors (Lipinski definition) is 2. The Morgan fingerprint density at radius 2 is 2.00 bits per heavy atom. The fraction of sp³-hybridized carbons (Fsp3) is 0.529. The number of amides is 1. The van der Waals surface area contributed by atoms with Gasteiger partial charge in [0.05, 0.1) is 0 Å². The molecule has 1 aliphatic heterocycles. The van der Waals surface area contributed by atoms with Crippen molar-refractivity contribution < 1.29 is 19.4 Å². The van der Waals surface area contributed by atoms with Crippen LogP contribution in [0.4, 0.5) is 4.79 Å². The standard InChI is InChI=1S/C17H24N2O4/c1-17(2,3)23-16(22)18-10-13-11-19(13)14(15(20)21)9-12-7-5-4-6-8-12/h4-8,13-14H,9-11H2,1-3H3,(H,18,22)(H,20,21)/t13?,14-,19?/m0/s1. The SMILES string of the molecule is CC(C)(C)OC(=O)NCC1CN1[C@@H](Cc1ccccc1)C(=O)O. The molecule has 1 aromatic carbocycles. The summed E-state index contributed by atoms with van der Waals surface area (Å²) in [6.45, 7) is 6.47. The molecule has 1 amide bonds. The summed E-state index contributed by atoms with van der Waals surface area (Å²) in [6, 6.07) is 9.04. The third kappa shape index (κ3) is 5.56. The molecule has 0 aromatic heterocycles. The van der Waals surface area contributed by atoms with E-state index in [1.165, 1.54) is 0 Å². The van der Waals surface area contributed by atoms with Crippen LogP contribution in [0.3, 0.4) is 0 Å². The summed E-state index contributed by atoms with van der Waals surface area (Å²) in [5.41, 5.74) is 0.454. The zero-order valence-corrected chi connectivity index (χ0v) is 13.8. The molecule has 0 aliphatic carbocycles. The van der Waals surface area contributed by atoms with E-state index < -0.39 is 23.7 Å². The Morgan fingerprint density at radius 1 is 1.35 bits per heavy atom. The maximum absolute atomic E-state index is 11.6. The number of alkyl carbamates (subject to hydrolysis) is 1. The molecule has 0 spiro atoms. The Kier molecular flexibility index (Phi) is 5.26. The summed E-state index contributed by atoms with van der Waals surface area (Å²) in [7, 11) is 0. The van der Waals surface area contributed by atoms with Crippen molar-refractivity contribution in [2.24, 2.45) is 0 Å². The molecule has 2 unspecified atom stereocenters. The van der Waals surface area contributed by atoms with Gasteiger partial charge in [0, 0.05) is 19.1 Å². The van der Waals surface area contributed by atoms with Crippen molar-refractivity contribution in [1.82, 2.24) is 10.2 Å². The lowest BCUT2D eigenvalue weighted by atomic mass is 10.1. The van der Waals surface area contributed by atoms with Gasteiger partial charge in [-0.1, -0.05) is 30.3 Å². The number of carboxylic acid groups (broad SMARTS) is 1. The van der Waals surface area contributed by atoms with Gasteiger partial charge in [-0.15, -0.1) is 0 Å². The molecule has 1 aliphatic rings. The van der Waals surface area contributed by atoms with Gasteiger partial charge in [-0.25, -0.2) is 4.79 Å². The van der Waals surface area contributed by atoms with Crippen molar-refractivity contribution in [3.63, 3.8) is 0 Å². The first-order valence-corrected chi connectivity index (χ1v) is 7.75. The molecule has 2 N–H and O–H groups in total. The average molecular weight is 320 g/mol. The van der Waals surface area contributed by atoms with Crippen LogP contribution in [-0.4, -0.2) is 52.8 Å². The summed E-state index contributed by atoms with van der Waals surface area (Å²) in [5.74, 6) is -0.839. The highest BCUT2D eigenvalue weighted by atomic mass is 16.6. The topological polar surface area (TPSA) is 78.6 Å². The number of carbonyl (C=O) groups excluding carboxylic acids is 1. The van der Waals surface area contributed by atoms with Crippen molar-refractivity contribution in [1.29, 1.82) is 0 Å². The first-order valence-electron chi connectivity index (χ1n) is 7.75. The quantitative estimate of drug-likeness (QED) is 0.783. The lowest BCUT2D eigenvalue weighted by Gasteiger charge is -2.20. The fourth-order valence-corrected chi connectivity index (χ4v) is 2.46. The van der Waals surface area contributed by atoms with Crippen molar-refractivity contribution in [3.05, 3.63) is 35.9 Å². The smallest absolute Gasteiger partial charge is 0.407 e. The van der Waals surface area contributed by atoms with E-state index in [0.717, 1.165) is 5.56 Å². The summed E-state index contributed by atoms with van der Waals surface area (Å²) < 4.78 is 5.17. The predicted octanol–water partition coefficient (Wildman–Crippen LogP) is 1.89. The molecule has 23 heavy (non-hydrogen) atoms. The lowest BCUT2D eigenvalue weighted by Crippen LogP contribution is -2.37. The van der Waals surface area contributed by atoms with E-state index in [9.17, 15) is 14.7 Å². The highest BCUT2D eigenvalue weighted by molar-refractivity contribution is 5.74. The van der Waals surface area contributed by atoms with Crippen LogP contribution in [0.5, 0.6) is 0 Å². The number of carbonyl (C=O) groups is 2.